The Bertz CT molecular complexity index is 1920. The van der Waals surface area contributed by atoms with Gasteiger partial charge in [0.05, 0.1) is 16.7 Å². The number of halogens is 2. The molecule has 0 aliphatic carbocycles. The van der Waals surface area contributed by atoms with Gasteiger partial charge in [0.1, 0.15) is 11.6 Å². The van der Waals surface area contributed by atoms with E-state index in [2.05, 4.69) is 30.0 Å². The van der Waals surface area contributed by atoms with Gasteiger partial charge in [0, 0.05) is 50.8 Å². The van der Waals surface area contributed by atoms with Gasteiger partial charge in [-0.25, -0.2) is 4.98 Å². The van der Waals surface area contributed by atoms with Crippen molar-refractivity contribution in [3.05, 3.63) is 129 Å². The number of pyridine rings is 2. The first-order valence-electron chi connectivity index (χ1n) is 12.0. The van der Waals surface area contributed by atoms with Gasteiger partial charge in [0.25, 0.3) is 0 Å². The van der Waals surface area contributed by atoms with Gasteiger partial charge in [-0.2, -0.15) is 13.8 Å². The molecule has 0 atom stereocenters. The zero-order valence-corrected chi connectivity index (χ0v) is 21.3. The number of rotatable bonds is 4. The summed E-state index contributed by atoms with van der Waals surface area (Å²) in [7, 11) is 0. The Morgan fingerprint density at radius 1 is 0.650 bits per heavy atom. The van der Waals surface area contributed by atoms with Gasteiger partial charge in [-0.05, 0) is 70.5 Å². The molecule has 6 rings (SSSR count). The van der Waals surface area contributed by atoms with Crippen molar-refractivity contribution in [3.8, 4) is 11.4 Å². The zero-order chi connectivity index (χ0) is 28.2. The molecule has 4 aromatic heterocycles. The van der Waals surface area contributed by atoms with Gasteiger partial charge < -0.3 is 9.13 Å². The molecule has 0 unspecified atom stereocenters. The van der Waals surface area contributed by atoms with Gasteiger partial charge in [0.15, 0.2) is 0 Å². The summed E-state index contributed by atoms with van der Waals surface area (Å²) in [5.41, 5.74) is 22.5. The van der Waals surface area contributed by atoms with Crippen LogP contribution >= 0.6 is 0 Å². The highest BCUT2D eigenvalue weighted by molar-refractivity contribution is 5.86. The smallest absolute Gasteiger partial charge is 0.217 e. The van der Waals surface area contributed by atoms with Crippen molar-refractivity contribution in [3.63, 3.8) is 0 Å². The summed E-state index contributed by atoms with van der Waals surface area (Å²) in [6, 6.07) is 21.5. The highest BCUT2D eigenvalue weighted by atomic mass is 19.1. The largest absolute Gasteiger partial charge is 0.316 e. The van der Waals surface area contributed by atoms with E-state index in [0.29, 0.717) is 11.4 Å². The van der Waals surface area contributed by atoms with Crippen molar-refractivity contribution in [1.29, 1.82) is 0 Å². The molecule has 0 amide bonds. The van der Waals surface area contributed by atoms with Crippen LogP contribution in [0.2, 0.25) is 0 Å². The molecular weight excluding hydrogens is 514 g/mol. The predicted molar refractivity (Wildman–Crippen MR) is 149 cm³/mol. The Morgan fingerprint density at radius 3 is 1.55 bits per heavy atom. The van der Waals surface area contributed by atoms with Crippen LogP contribution in [0.15, 0.2) is 95.4 Å². The van der Waals surface area contributed by atoms with Gasteiger partial charge >= 0.3 is 0 Å². The highest BCUT2D eigenvalue weighted by Crippen LogP contribution is 2.28. The van der Waals surface area contributed by atoms with E-state index >= 15 is 0 Å². The first kappa shape index (κ1) is 25.9. The van der Waals surface area contributed by atoms with Crippen LogP contribution in [0.4, 0.5) is 20.4 Å². The third-order valence-electron chi connectivity index (χ3n) is 6.21. The second-order valence-electron chi connectivity index (χ2n) is 8.79. The van der Waals surface area contributed by atoms with Crippen LogP contribution in [0, 0.1) is 25.7 Å². The monoisotopic (exact) mass is 534 g/mol. The van der Waals surface area contributed by atoms with Crippen LogP contribution in [-0.2, 0) is 0 Å². The summed E-state index contributed by atoms with van der Waals surface area (Å²) in [5.74, 6) is -1.34. The second kappa shape index (κ2) is 11.0. The van der Waals surface area contributed by atoms with E-state index < -0.39 is 11.9 Å². The molecular formula is C28H20F2N10. The van der Waals surface area contributed by atoms with Crippen LogP contribution in [-0.4, -0.2) is 19.1 Å². The maximum atomic E-state index is 13.2. The van der Waals surface area contributed by atoms with Crippen molar-refractivity contribution < 1.29 is 8.78 Å². The van der Waals surface area contributed by atoms with Crippen LogP contribution in [0.1, 0.15) is 11.1 Å². The summed E-state index contributed by atoms with van der Waals surface area (Å²) in [5, 5.41) is 9.12. The molecule has 12 heteroatoms. The van der Waals surface area contributed by atoms with Crippen molar-refractivity contribution in [2.45, 2.75) is 13.8 Å². The maximum Gasteiger partial charge on any atom is 0.217 e. The standard InChI is InChI=1S/C14H10F2N2.C14H10N8/c1-9-3-2-4-10-5-6-18(14(9)10)11-7-12(15)17-13(16)8-11;1-9-3-2-4-10-5-6-22(14(9)10)11-7-12(18-20-15)17-13(8-11)19-21-16/h2-8H,1H3;2-8H,1H3. The fraction of sp³-hybridized carbons (Fsp3) is 0.0714. The molecule has 40 heavy (non-hydrogen) atoms. The molecule has 0 N–H and O–H groups in total. The lowest BCUT2D eigenvalue weighted by Crippen LogP contribution is -1.98. The third-order valence-corrected chi connectivity index (χ3v) is 6.21. The average molecular weight is 535 g/mol. The lowest BCUT2D eigenvalue weighted by atomic mass is 10.1. The van der Waals surface area contributed by atoms with E-state index in [1.54, 1.807) is 22.9 Å². The van der Waals surface area contributed by atoms with E-state index in [1.807, 2.05) is 73.1 Å². The number of nitrogens with zero attached hydrogens (tertiary/aromatic N) is 10. The van der Waals surface area contributed by atoms with E-state index in [4.69, 9.17) is 11.1 Å². The Hall–Kier alpha value is -5.70. The minimum absolute atomic E-state index is 0.151. The third kappa shape index (κ3) is 5.16. The number of hydrogen-bond donors (Lipinski definition) is 0. The number of hydrogen-bond acceptors (Lipinski definition) is 4. The van der Waals surface area contributed by atoms with E-state index in [-0.39, 0.29) is 11.6 Å². The molecule has 0 bridgehead atoms. The number of fused-ring (bicyclic) bond motifs is 2. The number of para-hydroxylation sites is 2. The van der Waals surface area contributed by atoms with E-state index in [1.165, 1.54) is 12.1 Å². The topological polar surface area (TPSA) is 133 Å². The summed E-state index contributed by atoms with van der Waals surface area (Å²) in [6.45, 7) is 3.98. The zero-order valence-electron chi connectivity index (χ0n) is 21.3. The normalized spacial score (nSPS) is 10.5. The summed E-state index contributed by atoms with van der Waals surface area (Å²) in [4.78, 5) is 12.5. The lowest BCUT2D eigenvalue weighted by molar-refractivity contribution is 0.511. The summed E-state index contributed by atoms with van der Waals surface area (Å²) in [6.07, 6.45) is 3.71. The number of benzene rings is 2. The molecule has 0 aliphatic heterocycles. The van der Waals surface area contributed by atoms with Crippen LogP contribution in [0.5, 0.6) is 0 Å². The fourth-order valence-corrected chi connectivity index (χ4v) is 4.59. The Morgan fingerprint density at radius 2 is 1.10 bits per heavy atom. The quantitative estimate of drug-likeness (QED) is 0.0967. The van der Waals surface area contributed by atoms with Crippen LogP contribution in [0.3, 0.4) is 0 Å². The van der Waals surface area contributed by atoms with Crippen LogP contribution < -0.4 is 0 Å². The van der Waals surface area contributed by atoms with E-state index in [0.717, 1.165) is 32.9 Å². The number of aryl methyl sites for hydroxylation is 2. The first-order valence-corrected chi connectivity index (χ1v) is 12.0. The highest BCUT2D eigenvalue weighted by Gasteiger charge is 2.10. The van der Waals surface area contributed by atoms with Crippen molar-refractivity contribution in [2.24, 2.45) is 10.2 Å². The second-order valence-corrected chi connectivity index (χ2v) is 8.79. The van der Waals surface area contributed by atoms with Crippen molar-refractivity contribution in [1.82, 2.24) is 19.1 Å². The number of aromatic nitrogens is 4. The molecule has 0 spiro atoms. The Balaban J connectivity index is 0.000000164. The molecule has 0 saturated heterocycles. The summed E-state index contributed by atoms with van der Waals surface area (Å²) >= 11 is 0. The van der Waals surface area contributed by atoms with Gasteiger partial charge in [-0.15, -0.1) is 0 Å². The molecule has 0 fully saturated rings. The van der Waals surface area contributed by atoms with E-state index in [9.17, 15) is 8.78 Å². The van der Waals surface area contributed by atoms with Crippen molar-refractivity contribution in [2.75, 3.05) is 0 Å². The van der Waals surface area contributed by atoms with Gasteiger partial charge in [0.2, 0.25) is 11.9 Å². The molecule has 10 nitrogen and oxygen atoms in total. The molecule has 6 aromatic rings. The molecule has 0 radical (unpaired) electrons. The lowest BCUT2D eigenvalue weighted by Gasteiger charge is -2.09. The van der Waals surface area contributed by atoms with Crippen LogP contribution in [0.25, 0.3) is 54.1 Å². The van der Waals surface area contributed by atoms with Crippen molar-refractivity contribution >= 4 is 33.4 Å². The SMILES string of the molecule is Cc1cccc2ccn(-c3cc(F)nc(F)c3)c12.Cc1cccc2ccn(-c3cc(N=[N+]=[N-])nc(N=[N+]=[N-])c3)c12. The molecule has 0 saturated carbocycles. The molecule has 4 heterocycles. The molecule has 2 aromatic carbocycles. The Labute approximate surface area is 226 Å². The minimum Gasteiger partial charge on any atom is -0.316 e. The first-order chi connectivity index (χ1) is 19.4. The number of azide groups is 2. The minimum atomic E-state index is -0.819. The molecule has 0 aliphatic rings. The van der Waals surface area contributed by atoms with Gasteiger partial charge in [-0.1, -0.05) is 36.4 Å². The maximum absolute atomic E-state index is 13.2. The Kier molecular flexibility index (Phi) is 7.10. The average Bonchev–Trinajstić information content (AvgIpc) is 3.55. The van der Waals surface area contributed by atoms with Gasteiger partial charge in [-0.3, -0.25) is 0 Å². The molecule has 196 valence electrons. The fourth-order valence-electron chi connectivity index (χ4n) is 4.59. The predicted octanol–water partition coefficient (Wildman–Crippen LogP) is 8.83. The summed E-state index contributed by atoms with van der Waals surface area (Å²) < 4.78 is 30.0.